The first kappa shape index (κ1) is 33.0. The number of ether oxygens (including phenoxy) is 1. The highest BCUT2D eigenvalue weighted by Crippen LogP contribution is 2.43. The van der Waals surface area contributed by atoms with Crippen LogP contribution >= 0.6 is 11.6 Å². The van der Waals surface area contributed by atoms with Crippen LogP contribution in [0.25, 0.3) is 45.0 Å². The van der Waals surface area contributed by atoms with Gasteiger partial charge >= 0.3 is 12.5 Å². The molecule has 16 heteroatoms. The third-order valence-electron chi connectivity index (χ3n) is 6.85. The van der Waals surface area contributed by atoms with Crippen molar-refractivity contribution in [2.24, 2.45) is 7.05 Å². The minimum atomic E-state index is -4.92. The number of hydrogen-bond donors (Lipinski definition) is 1. The molecule has 3 aromatic carbocycles. The number of halogens is 7. The van der Waals surface area contributed by atoms with Crippen molar-refractivity contribution in [2.75, 3.05) is 6.26 Å². The Morgan fingerprint density at radius 1 is 0.935 bits per heavy atom. The lowest BCUT2D eigenvalue weighted by Crippen LogP contribution is -2.16. The van der Waals surface area contributed by atoms with Gasteiger partial charge in [-0.05, 0) is 59.7 Å². The highest BCUT2D eigenvalue weighted by atomic mass is 35.5. The molecule has 0 amide bonds. The number of rotatable bonds is 7. The summed E-state index contributed by atoms with van der Waals surface area (Å²) in [6, 6.07) is 12.9. The molecule has 0 spiro atoms. The first-order chi connectivity index (χ1) is 21.4. The number of aromatic nitrogens is 3. The number of benzene rings is 3. The summed E-state index contributed by atoms with van der Waals surface area (Å²) in [6.07, 6.45) is -8.72. The Kier molecular flexibility index (Phi) is 8.47. The first-order valence-corrected chi connectivity index (χ1v) is 15.4. The van der Waals surface area contributed by atoms with Crippen molar-refractivity contribution >= 4 is 21.4 Å². The highest BCUT2D eigenvalue weighted by molar-refractivity contribution is 7.90. The lowest BCUT2D eigenvalue weighted by Gasteiger charge is -2.15. The van der Waals surface area contributed by atoms with Gasteiger partial charge in [0.1, 0.15) is 11.4 Å². The maximum Gasteiger partial charge on any atom is 0.573 e. The molecular weight excluding hydrogens is 664 g/mol. The van der Waals surface area contributed by atoms with Gasteiger partial charge in [-0.25, -0.2) is 13.4 Å². The van der Waals surface area contributed by atoms with E-state index in [0.717, 1.165) is 29.1 Å². The Hall–Kier alpha value is -4.34. The molecule has 0 bridgehead atoms. The predicted molar refractivity (Wildman–Crippen MR) is 155 cm³/mol. The average molecular weight is 686 g/mol. The number of aryl methyl sites for hydroxylation is 2. The molecule has 0 aliphatic rings. The zero-order chi connectivity index (χ0) is 33.8. The lowest BCUT2D eigenvalue weighted by molar-refractivity contribution is -0.274. The maximum atomic E-state index is 13.6. The predicted octanol–water partition coefficient (Wildman–Crippen LogP) is 7.85. The topological polar surface area (TPSA) is 107 Å². The van der Waals surface area contributed by atoms with E-state index in [0.29, 0.717) is 16.7 Å². The van der Waals surface area contributed by atoms with Crippen molar-refractivity contribution in [1.29, 1.82) is 0 Å². The summed E-state index contributed by atoms with van der Waals surface area (Å²) >= 11 is 6.35. The zero-order valence-electron chi connectivity index (χ0n) is 24.0. The van der Waals surface area contributed by atoms with Gasteiger partial charge in [0.25, 0.3) is 0 Å². The van der Waals surface area contributed by atoms with E-state index in [9.17, 15) is 39.9 Å². The number of oxazole rings is 1. The fourth-order valence-electron chi connectivity index (χ4n) is 4.87. The number of hydrogen-bond acceptors (Lipinski definition) is 7. The van der Waals surface area contributed by atoms with Gasteiger partial charge in [0.05, 0.1) is 17.2 Å². The molecule has 2 aromatic heterocycles. The van der Waals surface area contributed by atoms with Crippen LogP contribution < -0.4 is 4.74 Å². The molecule has 0 aliphatic heterocycles. The summed E-state index contributed by atoms with van der Waals surface area (Å²) in [5.74, 6) is -0.303. The summed E-state index contributed by atoms with van der Waals surface area (Å²) in [5, 5.41) is 13.3. The number of nitrogens with zero attached hydrogens (tertiary/aromatic N) is 3. The van der Waals surface area contributed by atoms with Gasteiger partial charge in [0, 0.05) is 47.5 Å². The second-order valence-corrected chi connectivity index (χ2v) is 12.5. The van der Waals surface area contributed by atoms with Gasteiger partial charge in [-0.15, -0.1) is 13.2 Å². The molecule has 8 nitrogen and oxygen atoms in total. The number of aliphatic hydroxyl groups excluding tert-OH is 1. The van der Waals surface area contributed by atoms with Crippen molar-refractivity contribution in [3.8, 4) is 50.7 Å². The Balaban J connectivity index is 1.76. The summed E-state index contributed by atoms with van der Waals surface area (Å²) in [6.45, 7) is 0.858. The number of aliphatic hydroxyl groups is 1. The van der Waals surface area contributed by atoms with E-state index in [1.807, 2.05) is 0 Å². The lowest BCUT2D eigenvalue weighted by atomic mass is 9.93. The SMILES string of the molecule is Cc1nc(-c2ccc(OC(F)(F)F)cc2)c(-c2cc(-c3cc(Cl)c(CO)c(S(C)(=O)=O)c3)ccc2-c2cc(C(F)(F)F)nn2C)o1. The van der Waals surface area contributed by atoms with E-state index in [-0.39, 0.29) is 49.6 Å². The summed E-state index contributed by atoms with van der Waals surface area (Å²) < 4.78 is 115. The molecule has 0 atom stereocenters. The number of sulfone groups is 1. The fraction of sp³-hybridized carbons (Fsp3) is 0.200. The van der Waals surface area contributed by atoms with Crippen molar-refractivity contribution in [3.63, 3.8) is 0 Å². The Morgan fingerprint density at radius 2 is 1.59 bits per heavy atom. The average Bonchev–Trinajstić information content (AvgIpc) is 3.54. The van der Waals surface area contributed by atoms with E-state index in [1.165, 1.54) is 56.4 Å². The molecule has 0 aliphatic carbocycles. The summed E-state index contributed by atoms with van der Waals surface area (Å²) in [4.78, 5) is 4.17. The summed E-state index contributed by atoms with van der Waals surface area (Å²) in [5.41, 5.74) is 0.391. The smallest absolute Gasteiger partial charge is 0.440 e. The minimum absolute atomic E-state index is 0.00887. The molecule has 0 saturated heterocycles. The van der Waals surface area contributed by atoms with Crippen LogP contribution in [0.4, 0.5) is 26.3 Å². The normalized spacial score (nSPS) is 12.5. The Labute approximate surface area is 262 Å². The molecule has 0 saturated carbocycles. The highest BCUT2D eigenvalue weighted by Gasteiger charge is 2.35. The van der Waals surface area contributed by atoms with Crippen LogP contribution in [0.3, 0.4) is 0 Å². The van der Waals surface area contributed by atoms with E-state index in [4.69, 9.17) is 16.0 Å². The van der Waals surface area contributed by atoms with E-state index < -0.39 is 40.4 Å². The molecule has 0 radical (unpaired) electrons. The van der Waals surface area contributed by atoms with Gasteiger partial charge in [-0.2, -0.15) is 18.3 Å². The van der Waals surface area contributed by atoms with Crippen LogP contribution in [0.2, 0.25) is 5.02 Å². The molecule has 0 unspecified atom stereocenters. The van der Waals surface area contributed by atoms with Crippen LogP contribution in [-0.2, 0) is 29.7 Å². The molecule has 1 N–H and O–H groups in total. The monoisotopic (exact) mass is 685 g/mol. The van der Waals surface area contributed by atoms with Crippen LogP contribution in [-0.4, -0.2) is 40.9 Å². The van der Waals surface area contributed by atoms with Gasteiger partial charge in [-0.3, -0.25) is 4.68 Å². The quantitative estimate of drug-likeness (QED) is 0.174. The second kappa shape index (κ2) is 11.8. The molecule has 0 fully saturated rings. The van der Waals surface area contributed by atoms with Crippen molar-refractivity contribution in [2.45, 2.75) is 31.0 Å². The fourth-order valence-corrected chi connectivity index (χ4v) is 6.17. The third-order valence-corrected chi connectivity index (χ3v) is 8.35. The molecule has 242 valence electrons. The largest absolute Gasteiger partial charge is 0.573 e. The Bertz CT molecular complexity index is 2050. The second-order valence-electron chi connectivity index (χ2n) is 10.1. The van der Waals surface area contributed by atoms with Crippen LogP contribution in [0.1, 0.15) is 17.1 Å². The van der Waals surface area contributed by atoms with Crippen LogP contribution in [0, 0.1) is 6.92 Å². The van der Waals surface area contributed by atoms with E-state index in [2.05, 4.69) is 14.8 Å². The van der Waals surface area contributed by atoms with Gasteiger partial charge in [0.15, 0.2) is 27.2 Å². The van der Waals surface area contributed by atoms with Crippen LogP contribution in [0.5, 0.6) is 5.75 Å². The molecular formula is C30H22ClF6N3O5S. The molecule has 46 heavy (non-hydrogen) atoms. The van der Waals surface area contributed by atoms with Crippen molar-refractivity contribution in [1.82, 2.24) is 14.8 Å². The van der Waals surface area contributed by atoms with Gasteiger partial charge in [0.2, 0.25) is 0 Å². The van der Waals surface area contributed by atoms with E-state index in [1.54, 1.807) is 0 Å². The molecule has 2 heterocycles. The molecule has 5 aromatic rings. The van der Waals surface area contributed by atoms with Crippen LogP contribution in [0.15, 0.2) is 70.0 Å². The standard InChI is InChI=1S/C30H22ClF6N3O5S/c1-15-38-27(16-4-7-19(8-5-16)45-30(35,36)37)28(44-15)21-10-17(18-11-23(31)22(14-41)25(12-18)46(3,42)43)6-9-20(21)24-13-26(29(32,33)34)39-40(24)2/h4-13,41H,14H2,1-3H3. The third kappa shape index (κ3) is 6.76. The van der Waals surface area contributed by atoms with Crippen molar-refractivity contribution in [3.05, 3.63) is 82.8 Å². The van der Waals surface area contributed by atoms with Gasteiger partial charge < -0.3 is 14.3 Å². The minimum Gasteiger partial charge on any atom is -0.440 e. The first-order valence-electron chi connectivity index (χ1n) is 13.1. The Morgan fingerprint density at radius 3 is 2.15 bits per heavy atom. The summed E-state index contributed by atoms with van der Waals surface area (Å²) in [7, 11) is -2.54. The van der Waals surface area contributed by atoms with Crippen molar-refractivity contribution < 1.29 is 49.0 Å². The molecule has 5 rings (SSSR count). The van der Waals surface area contributed by atoms with Gasteiger partial charge in [-0.1, -0.05) is 23.7 Å². The number of alkyl halides is 6. The zero-order valence-corrected chi connectivity index (χ0v) is 25.5. The van der Waals surface area contributed by atoms with E-state index >= 15 is 0 Å². The maximum absolute atomic E-state index is 13.6.